The molecule has 2 fully saturated rings. The van der Waals surface area contributed by atoms with Gasteiger partial charge in [0.15, 0.2) is 0 Å². The highest BCUT2D eigenvalue weighted by molar-refractivity contribution is 5.87. The number of carboxylic acid groups (broad SMARTS) is 1. The van der Waals surface area contributed by atoms with Crippen LogP contribution in [0, 0.1) is 5.92 Å². The van der Waals surface area contributed by atoms with Crippen molar-refractivity contribution in [3.05, 3.63) is 35.4 Å². The maximum absolute atomic E-state index is 12.8. The van der Waals surface area contributed by atoms with Crippen LogP contribution in [0.5, 0.6) is 0 Å². The molecular formula is C21H30N2O3. The average Bonchev–Trinajstić information content (AvgIpc) is 2.68. The van der Waals surface area contributed by atoms with Crippen molar-refractivity contribution in [1.82, 2.24) is 9.80 Å². The van der Waals surface area contributed by atoms with E-state index in [2.05, 4.69) is 11.8 Å². The van der Waals surface area contributed by atoms with E-state index >= 15 is 0 Å². The second-order valence-corrected chi connectivity index (χ2v) is 7.69. The Morgan fingerprint density at radius 3 is 2.38 bits per heavy atom. The van der Waals surface area contributed by atoms with Crippen LogP contribution >= 0.6 is 0 Å². The van der Waals surface area contributed by atoms with E-state index in [-0.39, 0.29) is 0 Å². The molecule has 5 heteroatoms. The number of likely N-dealkylation sites (tertiary alicyclic amines) is 2. The maximum Gasteiger partial charge on any atom is 0.335 e. The topological polar surface area (TPSA) is 60.9 Å². The predicted molar refractivity (Wildman–Crippen MR) is 101 cm³/mol. The lowest BCUT2D eigenvalue weighted by Gasteiger charge is -2.35. The molecule has 1 atom stereocenters. The Balaban J connectivity index is 1.54. The largest absolute Gasteiger partial charge is 0.478 e. The molecule has 1 aromatic rings. The van der Waals surface area contributed by atoms with Crippen LogP contribution in [0.2, 0.25) is 0 Å². The van der Waals surface area contributed by atoms with Gasteiger partial charge in [-0.05, 0) is 68.9 Å². The molecule has 1 amide bonds. The Morgan fingerprint density at radius 2 is 1.77 bits per heavy atom. The minimum atomic E-state index is -0.897. The molecule has 1 aromatic carbocycles. The summed E-state index contributed by atoms with van der Waals surface area (Å²) in [6.07, 6.45) is 5.03. The summed E-state index contributed by atoms with van der Waals surface area (Å²) in [5.41, 5.74) is 1.46. The molecule has 0 spiro atoms. The number of aromatic carboxylic acids is 1. The molecule has 5 nitrogen and oxygen atoms in total. The second kappa shape index (κ2) is 8.67. The lowest BCUT2D eigenvalue weighted by molar-refractivity contribution is -0.133. The van der Waals surface area contributed by atoms with Crippen LogP contribution < -0.4 is 0 Å². The number of rotatable bonds is 5. The first-order chi connectivity index (χ1) is 12.6. The van der Waals surface area contributed by atoms with Gasteiger partial charge in [0, 0.05) is 25.4 Å². The monoisotopic (exact) mass is 358 g/mol. The summed E-state index contributed by atoms with van der Waals surface area (Å²) < 4.78 is 0. The van der Waals surface area contributed by atoms with E-state index in [4.69, 9.17) is 5.11 Å². The predicted octanol–water partition coefficient (Wildman–Crippen LogP) is 3.21. The van der Waals surface area contributed by atoms with Crippen LogP contribution in [-0.4, -0.2) is 59.5 Å². The van der Waals surface area contributed by atoms with E-state index in [1.807, 2.05) is 17.0 Å². The highest BCUT2D eigenvalue weighted by Gasteiger charge is 2.27. The van der Waals surface area contributed by atoms with Crippen molar-refractivity contribution < 1.29 is 14.7 Å². The van der Waals surface area contributed by atoms with Crippen LogP contribution in [0.1, 0.15) is 60.9 Å². The molecule has 0 unspecified atom stereocenters. The highest BCUT2D eigenvalue weighted by Crippen LogP contribution is 2.29. The van der Waals surface area contributed by atoms with Gasteiger partial charge < -0.3 is 14.9 Å². The van der Waals surface area contributed by atoms with Crippen molar-refractivity contribution in [1.29, 1.82) is 0 Å². The van der Waals surface area contributed by atoms with Gasteiger partial charge in [-0.3, -0.25) is 4.79 Å². The first kappa shape index (κ1) is 18.9. The highest BCUT2D eigenvalue weighted by atomic mass is 16.4. The van der Waals surface area contributed by atoms with E-state index in [1.165, 1.54) is 0 Å². The number of nitrogens with zero attached hydrogens (tertiary/aromatic N) is 2. The lowest BCUT2D eigenvalue weighted by Crippen LogP contribution is -2.41. The fourth-order valence-corrected chi connectivity index (χ4v) is 4.26. The van der Waals surface area contributed by atoms with Gasteiger partial charge in [0.1, 0.15) is 0 Å². The van der Waals surface area contributed by atoms with Gasteiger partial charge in [-0.15, -0.1) is 0 Å². The van der Waals surface area contributed by atoms with E-state index < -0.39 is 5.97 Å². The fourth-order valence-electron chi connectivity index (χ4n) is 4.26. The number of amides is 1. The van der Waals surface area contributed by atoms with Gasteiger partial charge in [-0.1, -0.05) is 19.1 Å². The number of benzene rings is 1. The Hall–Kier alpha value is -1.88. The first-order valence-electron chi connectivity index (χ1n) is 9.90. The summed E-state index contributed by atoms with van der Waals surface area (Å²) in [7, 11) is 0. The van der Waals surface area contributed by atoms with Crippen molar-refractivity contribution in [3.63, 3.8) is 0 Å². The molecule has 0 aromatic heterocycles. The summed E-state index contributed by atoms with van der Waals surface area (Å²) in [4.78, 5) is 28.3. The smallest absolute Gasteiger partial charge is 0.335 e. The third-order valence-corrected chi connectivity index (χ3v) is 6.02. The van der Waals surface area contributed by atoms with Crippen molar-refractivity contribution in [3.8, 4) is 0 Å². The summed E-state index contributed by atoms with van der Waals surface area (Å²) >= 11 is 0. The second-order valence-electron chi connectivity index (χ2n) is 7.69. The minimum Gasteiger partial charge on any atom is -0.478 e. The zero-order chi connectivity index (χ0) is 18.5. The summed E-state index contributed by atoms with van der Waals surface area (Å²) in [6, 6.07) is 7.14. The molecule has 0 saturated carbocycles. The Kier molecular flexibility index (Phi) is 6.30. The number of piperidine rings is 2. The van der Waals surface area contributed by atoms with Crippen LogP contribution in [0.3, 0.4) is 0 Å². The third kappa shape index (κ3) is 4.64. The number of carbonyl (C=O) groups is 2. The maximum atomic E-state index is 12.8. The zero-order valence-corrected chi connectivity index (χ0v) is 15.7. The van der Waals surface area contributed by atoms with Crippen LogP contribution in [0.4, 0.5) is 0 Å². The number of hydrogen-bond acceptors (Lipinski definition) is 3. The van der Waals surface area contributed by atoms with E-state index in [1.54, 1.807) is 12.1 Å². The molecule has 1 N–H and O–H groups in total. The molecule has 3 rings (SSSR count). The molecule has 2 saturated heterocycles. The lowest BCUT2D eigenvalue weighted by atomic mass is 9.88. The van der Waals surface area contributed by atoms with Crippen LogP contribution in [0.15, 0.2) is 24.3 Å². The normalized spacial score (nSPS) is 22.3. The standard InChI is InChI=1S/C21H30N2O3/c1-2-22-12-9-16(10-13-22)14-20(24)23-11-3-4-19(15-23)17-5-7-18(8-6-17)21(25)26/h5-8,16,19H,2-4,9-15H2,1H3,(H,25,26)/t19-/m0/s1. The van der Waals surface area contributed by atoms with E-state index in [0.717, 1.165) is 64.0 Å². The third-order valence-electron chi connectivity index (χ3n) is 6.02. The van der Waals surface area contributed by atoms with Gasteiger partial charge in [-0.2, -0.15) is 0 Å². The fraction of sp³-hybridized carbons (Fsp3) is 0.619. The van der Waals surface area contributed by atoms with E-state index in [9.17, 15) is 9.59 Å². The number of carbonyl (C=O) groups excluding carboxylic acids is 1. The Labute approximate surface area is 156 Å². The number of hydrogen-bond donors (Lipinski definition) is 1. The molecule has 0 aliphatic carbocycles. The average molecular weight is 358 g/mol. The molecule has 142 valence electrons. The van der Waals surface area contributed by atoms with Crippen LogP contribution in [-0.2, 0) is 4.79 Å². The molecule has 2 aliphatic heterocycles. The van der Waals surface area contributed by atoms with Gasteiger partial charge >= 0.3 is 5.97 Å². The molecule has 0 radical (unpaired) electrons. The SMILES string of the molecule is CCN1CCC(CC(=O)N2CCC[C@H](c3ccc(C(=O)O)cc3)C2)CC1. The zero-order valence-electron chi connectivity index (χ0n) is 15.7. The van der Waals surface area contributed by atoms with Crippen molar-refractivity contribution in [2.24, 2.45) is 5.92 Å². The molecular weight excluding hydrogens is 328 g/mol. The molecule has 2 aliphatic rings. The minimum absolute atomic E-state index is 0.298. The summed E-state index contributed by atoms with van der Waals surface area (Å²) in [6.45, 7) is 7.16. The Bertz CT molecular complexity index is 621. The van der Waals surface area contributed by atoms with Gasteiger partial charge in [0.05, 0.1) is 5.56 Å². The van der Waals surface area contributed by atoms with Gasteiger partial charge in [0.2, 0.25) is 5.91 Å². The first-order valence-corrected chi connectivity index (χ1v) is 9.90. The van der Waals surface area contributed by atoms with E-state index in [0.29, 0.717) is 29.7 Å². The van der Waals surface area contributed by atoms with Gasteiger partial charge in [0.25, 0.3) is 0 Å². The van der Waals surface area contributed by atoms with Crippen molar-refractivity contribution >= 4 is 11.9 Å². The Morgan fingerprint density at radius 1 is 1.08 bits per heavy atom. The van der Waals surface area contributed by atoms with Crippen molar-refractivity contribution in [2.75, 3.05) is 32.7 Å². The quantitative estimate of drug-likeness (QED) is 0.878. The molecule has 26 heavy (non-hydrogen) atoms. The van der Waals surface area contributed by atoms with Crippen molar-refractivity contribution in [2.45, 2.75) is 44.9 Å². The number of carboxylic acids is 1. The summed E-state index contributed by atoms with van der Waals surface area (Å²) in [5, 5.41) is 9.03. The molecule has 0 bridgehead atoms. The van der Waals surface area contributed by atoms with Gasteiger partial charge in [-0.25, -0.2) is 4.79 Å². The van der Waals surface area contributed by atoms with Crippen LogP contribution in [0.25, 0.3) is 0 Å². The summed E-state index contributed by atoms with van der Waals surface area (Å²) in [5.74, 6) is 0.246. The molecule has 2 heterocycles.